The fourth-order valence-corrected chi connectivity index (χ4v) is 11.1. The molecule has 10 atom stereocenters. The van der Waals surface area contributed by atoms with Crippen LogP contribution in [-0.2, 0) is 4.79 Å². The quantitative estimate of drug-likeness (QED) is 0.414. The van der Waals surface area contributed by atoms with Gasteiger partial charge in [0.05, 0.1) is 12.0 Å². The van der Waals surface area contributed by atoms with Gasteiger partial charge in [0.1, 0.15) is 0 Å². The Bertz CT molecular complexity index is 874. The zero-order valence-electron chi connectivity index (χ0n) is 22.2. The maximum Gasteiger partial charge on any atom is 0.307 e. The molecule has 3 nitrogen and oxygen atoms in total. The minimum atomic E-state index is -0.575. The molecule has 0 aromatic rings. The second-order valence-electron chi connectivity index (χ2n) is 14.6. The number of carboxylic acid groups (broad SMARTS) is 1. The Morgan fingerprint density at radius 3 is 2.24 bits per heavy atom. The summed E-state index contributed by atoms with van der Waals surface area (Å²) in [6.07, 6.45) is 12.1. The topological polar surface area (TPSA) is 57.5 Å². The molecule has 5 aliphatic carbocycles. The van der Waals surface area contributed by atoms with Gasteiger partial charge in [-0.2, -0.15) is 0 Å². The molecule has 0 spiro atoms. The van der Waals surface area contributed by atoms with Crippen molar-refractivity contribution < 1.29 is 15.0 Å². The lowest BCUT2D eigenvalue weighted by Gasteiger charge is -2.71. The van der Waals surface area contributed by atoms with Gasteiger partial charge in [-0.3, -0.25) is 4.79 Å². The summed E-state index contributed by atoms with van der Waals surface area (Å²) in [7, 11) is 0. The molecular weight excluding hydrogens is 408 g/mol. The van der Waals surface area contributed by atoms with Crippen molar-refractivity contribution in [1.82, 2.24) is 0 Å². The summed E-state index contributed by atoms with van der Waals surface area (Å²) in [6.45, 7) is 17.1. The van der Waals surface area contributed by atoms with E-state index in [0.717, 1.165) is 44.9 Å². The van der Waals surface area contributed by atoms with Crippen LogP contribution < -0.4 is 0 Å². The lowest BCUT2D eigenvalue weighted by Crippen LogP contribution is -2.65. The zero-order valence-corrected chi connectivity index (χ0v) is 22.2. The summed E-state index contributed by atoms with van der Waals surface area (Å²) >= 11 is 0. The molecule has 0 heterocycles. The monoisotopic (exact) mass is 456 g/mol. The van der Waals surface area contributed by atoms with Crippen LogP contribution >= 0.6 is 0 Å². The number of rotatable bonds is 1. The van der Waals surface area contributed by atoms with Gasteiger partial charge in [-0.05, 0) is 109 Å². The van der Waals surface area contributed by atoms with Crippen molar-refractivity contribution in [1.29, 1.82) is 0 Å². The normalized spacial score (nSPS) is 55.3. The van der Waals surface area contributed by atoms with Gasteiger partial charge in [-0.25, -0.2) is 0 Å². The Kier molecular flexibility index (Phi) is 5.15. The van der Waals surface area contributed by atoms with Crippen molar-refractivity contribution in [2.75, 3.05) is 0 Å². The molecule has 3 heteroatoms. The Morgan fingerprint density at radius 1 is 0.879 bits per heavy atom. The van der Waals surface area contributed by atoms with E-state index in [4.69, 9.17) is 0 Å². The Balaban J connectivity index is 1.59. The first-order chi connectivity index (χ1) is 15.2. The van der Waals surface area contributed by atoms with E-state index in [1.165, 1.54) is 12.8 Å². The minimum absolute atomic E-state index is 0.0169. The third kappa shape index (κ3) is 2.81. The zero-order chi connectivity index (χ0) is 24.2. The number of carboxylic acids is 1. The van der Waals surface area contributed by atoms with Crippen LogP contribution in [0.2, 0.25) is 0 Å². The predicted molar refractivity (Wildman–Crippen MR) is 133 cm³/mol. The summed E-state index contributed by atoms with van der Waals surface area (Å²) in [4.78, 5) is 12.3. The number of aliphatic hydroxyl groups is 1. The maximum absolute atomic E-state index is 12.3. The number of aliphatic carboxylic acids is 1. The second kappa shape index (κ2) is 7.11. The van der Waals surface area contributed by atoms with Gasteiger partial charge in [0.2, 0.25) is 0 Å². The summed E-state index contributed by atoms with van der Waals surface area (Å²) in [6, 6.07) is 0. The van der Waals surface area contributed by atoms with Gasteiger partial charge in [-0.1, -0.05) is 60.1 Å². The van der Waals surface area contributed by atoms with E-state index < -0.39 is 5.97 Å². The van der Waals surface area contributed by atoms with Crippen LogP contribution in [0.15, 0.2) is 11.6 Å². The molecular formula is C30H48O3. The van der Waals surface area contributed by atoms with E-state index in [-0.39, 0.29) is 39.1 Å². The molecule has 2 N–H and O–H groups in total. The highest BCUT2D eigenvalue weighted by atomic mass is 16.4. The third-order valence-corrected chi connectivity index (χ3v) is 13.3. The van der Waals surface area contributed by atoms with Crippen LogP contribution in [0.4, 0.5) is 0 Å². The molecule has 33 heavy (non-hydrogen) atoms. The van der Waals surface area contributed by atoms with Crippen molar-refractivity contribution in [2.45, 2.75) is 112 Å². The molecule has 5 rings (SSSR count). The smallest absolute Gasteiger partial charge is 0.307 e. The molecule has 0 aliphatic heterocycles. The average Bonchev–Trinajstić information content (AvgIpc) is 2.71. The van der Waals surface area contributed by atoms with Crippen LogP contribution in [0, 0.1) is 56.7 Å². The summed E-state index contributed by atoms with van der Waals surface area (Å²) in [5, 5.41) is 21.0. The van der Waals surface area contributed by atoms with Crippen molar-refractivity contribution in [3.05, 3.63) is 11.6 Å². The van der Waals surface area contributed by atoms with Crippen molar-refractivity contribution >= 4 is 5.97 Å². The van der Waals surface area contributed by atoms with Crippen LogP contribution in [0.3, 0.4) is 0 Å². The van der Waals surface area contributed by atoms with Crippen LogP contribution in [0.5, 0.6) is 0 Å². The Hall–Kier alpha value is -0.830. The van der Waals surface area contributed by atoms with Crippen molar-refractivity contribution in [3.8, 4) is 0 Å². The largest absolute Gasteiger partial charge is 0.481 e. The predicted octanol–water partition coefficient (Wildman–Crippen LogP) is 7.09. The SMILES string of the molecule is C[C@H]1CC[C@@H](C(=O)O)[C@]2(C)CC[C@]3(C)C(=CC[C@@H]4[C@]5(C)CC[C@H](O)C(C)(C)[C@@H]5CC[C@]43C)[C@@H]12. The lowest BCUT2D eigenvalue weighted by atomic mass is 9.33. The summed E-state index contributed by atoms with van der Waals surface area (Å²) in [5.41, 5.74) is 2.17. The highest BCUT2D eigenvalue weighted by Crippen LogP contribution is 2.75. The maximum atomic E-state index is 12.3. The number of hydrogen-bond donors (Lipinski definition) is 2. The number of fused-ring (bicyclic) bond motifs is 7. The van der Waals surface area contributed by atoms with Crippen LogP contribution in [0.25, 0.3) is 0 Å². The van der Waals surface area contributed by atoms with Gasteiger partial charge < -0.3 is 10.2 Å². The van der Waals surface area contributed by atoms with Gasteiger partial charge in [0.15, 0.2) is 0 Å². The van der Waals surface area contributed by atoms with Crippen molar-refractivity contribution in [3.63, 3.8) is 0 Å². The van der Waals surface area contributed by atoms with E-state index in [0.29, 0.717) is 23.7 Å². The average molecular weight is 457 g/mol. The molecule has 0 unspecified atom stereocenters. The Morgan fingerprint density at radius 2 is 1.58 bits per heavy atom. The van der Waals surface area contributed by atoms with E-state index in [9.17, 15) is 15.0 Å². The molecule has 5 aliphatic rings. The van der Waals surface area contributed by atoms with E-state index in [1.54, 1.807) is 5.57 Å². The van der Waals surface area contributed by atoms with Gasteiger partial charge in [0, 0.05) is 0 Å². The Labute approximate surface area is 201 Å². The number of carbonyl (C=O) groups is 1. The number of aliphatic hydroxyl groups excluding tert-OH is 1. The molecule has 186 valence electrons. The fraction of sp³-hybridized carbons (Fsp3) is 0.900. The summed E-state index contributed by atoms with van der Waals surface area (Å²) in [5.74, 6) is 1.40. The van der Waals surface area contributed by atoms with E-state index in [2.05, 4.69) is 54.5 Å². The molecule has 0 aromatic carbocycles. The van der Waals surface area contributed by atoms with Gasteiger partial charge in [-0.15, -0.1) is 0 Å². The highest BCUT2D eigenvalue weighted by molar-refractivity contribution is 5.71. The first-order valence-electron chi connectivity index (χ1n) is 13.8. The number of allylic oxidation sites excluding steroid dienone is 2. The summed E-state index contributed by atoms with van der Waals surface area (Å²) < 4.78 is 0. The fourth-order valence-electron chi connectivity index (χ4n) is 11.1. The third-order valence-electron chi connectivity index (χ3n) is 13.3. The van der Waals surface area contributed by atoms with E-state index >= 15 is 0 Å². The second-order valence-corrected chi connectivity index (χ2v) is 14.6. The molecule has 0 bridgehead atoms. The molecule has 0 saturated heterocycles. The first-order valence-corrected chi connectivity index (χ1v) is 13.8. The number of hydrogen-bond acceptors (Lipinski definition) is 2. The molecule has 0 aromatic heterocycles. The van der Waals surface area contributed by atoms with Gasteiger partial charge >= 0.3 is 5.97 Å². The van der Waals surface area contributed by atoms with Crippen LogP contribution in [0.1, 0.15) is 106 Å². The molecule has 0 amide bonds. The van der Waals surface area contributed by atoms with Gasteiger partial charge in [0.25, 0.3) is 0 Å². The minimum Gasteiger partial charge on any atom is -0.481 e. The molecule has 4 saturated carbocycles. The van der Waals surface area contributed by atoms with Crippen LogP contribution in [-0.4, -0.2) is 22.3 Å². The molecule has 4 fully saturated rings. The van der Waals surface area contributed by atoms with Crippen molar-refractivity contribution in [2.24, 2.45) is 56.7 Å². The highest BCUT2D eigenvalue weighted by Gasteiger charge is 2.68. The lowest BCUT2D eigenvalue weighted by molar-refractivity contribution is -0.205. The molecule has 0 radical (unpaired) electrons. The first kappa shape index (κ1) is 23.9. The standard InChI is InChI=1S/C30H48O3/c1-18-8-9-20(25(32)33)27(4)16-17-29(6)19(24(18)27)10-11-22-28(5)14-13-23(31)26(2,3)21(28)12-15-30(22,29)7/h10,18,20-24,31H,8-9,11-17H2,1-7H3,(H,32,33)/t18-,20-,21-,22+,23-,24+,27-,28+,29+,30+/m0/s1. The van der Waals surface area contributed by atoms with E-state index in [1.807, 2.05) is 0 Å².